The van der Waals surface area contributed by atoms with Gasteiger partial charge in [-0.25, -0.2) is 0 Å². The number of nitrogens with two attached hydrogens (primary N) is 1. The van der Waals surface area contributed by atoms with Crippen LogP contribution in [0.5, 0.6) is 5.75 Å². The molecule has 1 aromatic rings. The molecular weight excluding hydrogens is 180 g/mol. The van der Waals surface area contributed by atoms with Crippen LogP contribution in [0.1, 0.15) is 11.1 Å². The van der Waals surface area contributed by atoms with E-state index in [-0.39, 0.29) is 18.2 Å². The summed E-state index contributed by atoms with van der Waals surface area (Å²) in [6.07, 6.45) is 0. The fourth-order valence-corrected chi connectivity index (χ4v) is 1.09. The molecule has 0 aliphatic carbocycles. The molecule has 14 heavy (non-hydrogen) atoms. The van der Waals surface area contributed by atoms with E-state index in [0.717, 1.165) is 5.56 Å². The van der Waals surface area contributed by atoms with Crippen LogP contribution in [-0.4, -0.2) is 17.6 Å². The third-order valence-electron chi connectivity index (χ3n) is 1.90. The number of rotatable bonds is 3. The van der Waals surface area contributed by atoms with Crippen LogP contribution in [0.4, 0.5) is 0 Å². The van der Waals surface area contributed by atoms with Crippen LogP contribution < -0.4 is 11.1 Å². The van der Waals surface area contributed by atoms with Gasteiger partial charge in [0.25, 0.3) is 0 Å². The maximum absolute atomic E-state index is 10.8. The SMILES string of the molecule is Cc1ccc(CNC(=O)CN)c(O)c1. The molecule has 0 radical (unpaired) electrons. The lowest BCUT2D eigenvalue weighted by Crippen LogP contribution is -2.29. The van der Waals surface area contributed by atoms with Crippen LogP contribution in [0.15, 0.2) is 18.2 Å². The lowest BCUT2D eigenvalue weighted by atomic mass is 10.1. The van der Waals surface area contributed by atoms with E-state index in [1.54, 1.807) is 12.1 Å². The molecule has 0 saturated carbocycles. The molecule has 0 fully saturated rings. The molecule has 4 heteroatoms. The number of hydrogen-bond acceptors (Lipinski definition) is 3. The van der Waals surface area contributed by atoms with Crippen molar-refractivity contribution < 1.29 is 9.90 Å². The lowest BCUT2D eigenvalue weighted by molar-refractivity contribution is -0.119. The van der Waals surface area contributed by atoms with E-state index in [1.807, 2.05) is 13.0 Å². The van der Waals surface area contributed by atoms with Crippen LogP contribution in [0.2, 0.25) is 0 Å². The van der Waals surface area contributed by atoms with E-state index in [4.69, 9.17) is 5.73 Å². The molecule has 0 unspecified atom stereocenters. The summed E-state index contributed by atoms with van der Waals surface area (Å²) in [6.45, 7) is 2.16. The quantitative estimate of drug-likeness (QED) is 0.646. The Balaban J connectivity index is 2.63. The topological polar surface area (TPSA) is 75.4 Å². The smallest absolute Gasteiger partial charge is 0.234 e. The molecule has 0 bridgehead atoms. The van der Waals surface area contributed by atoms with Crippen molar-refractivity contribution in [1.82, 2.24) is 5.32 Å². The first-order valence-electron chi connectivity index (χ1n) is 4.38. The average molecular weight is 194 g/mol. The number of phenols is 1. The van der Waals surface area contributed by atoms with E-state index >= 15 is 0 Å². The monoisotopic (exact) mass is 194 g/mol. The van der Waals surface area contributed by atoms with Gasteiger partial charge in [0.2, 0.25) is 5.91 Å². The summed E-state index contributed by atoms with van der Waals surface area (Å²) >= 11 is 0. The van der Waals surface area contributed by atoms with Crippen molar-refractivity contribution in [3.8, 4) is 5.75 Å². The summed E-state index contributed by atoms with van der Waals surface area (Å²) in [5.74, 6) is -0.0349. The van der Waals surface area contributed by atoms with Crippen molar-refractivity contribution in [2.24, 2.45) is 5.73 Å². The predicted octanol–water partition coefficient (Wildman–Crippen LogP) is 0.276. The summed E-state index contributed by atoms with van der Waals surface area (Å²) in [5.41, 5.74) is 6.80. The lowest BCUT2D eigenvalue weighted by Gasteiger charge is -2.06. The Hall–Kier alpha value is -1.55. The van der Waals surface area contributed by atoms with Gasteiger partial charge in [-0.15, -0.1) is 0 Å². The molecule has 1 rings (SSSR count). The first-order valence-corrected chi connectivity index (χ1v) is 4.38. The zero-order chi connectivity index (χ0) is 10.6. The minimum Gasteiger partial charge on any atom is -0.508 e. The first-order chi connectivity index (χ1) is 6.63. The summed E-state index contributed by atoms with van der Waals surface area (Å²) in [7, 11) is 0. The van der Waals surface area contributed by atoms with Gasteiger partial charge in [-0.05, 0) is 18.6 Å². The third-order valence-corrected chi connectivity index (χ3v) is 1.90. The van der Waals surface area contributed by atoms with Crippen molar-refractivity contribution in [2.75, 3.05) is 6.54 Å². The molecule has 4 nitrogen and oxygen atoms in total. The number of hydrogen-bond donors (Lipinski definition) is 3. The summed E-state index contributed by atoms with van der Waals surface area (Å²) < 4.78 is 0. The standard InChI is InChI=1S/C10H14N2O2/c1-7-2-3-8(9(13)4-7)6-12-10(14)5-11/h2-4,13H,5-6,11H2,1H3,(H,12,14). The van der Waals surface area contributed by atoms with Gasteiger partial charge in [-0.1, -0.05) is 12.1 Å². The molecule has 1 amide bonds. The largest absolute Gasteiger partial charge is 0.508 e. The maximum atomic E-state index is 10.8. The van der Waals surface area contributed by atoms with Gasteiger partial charge in [0.15, 0.2) is 0 Å². The van der Waals surface area contributed by atoms with Gasteiger partial charge >= 0.3 is 0 Å². The number of carbonyl (C=O) groups is 1. The van der Waals surface area contributed by atoms with E-state index in [9.17, 15) is 9.90 Å². The minimum atomic E-state index is -0.232. The molecular formula is C10H14N2O2. The van der Waals surface area contributed by atoms with Crippen molar-refractivity contribution in [3.05, 3.63) is 29.3 Å². The highest BCUT2D eigenvalue weighted by Gasteiger charge is 2.02. The highest BCUT2D eigenvalue weighted by atomic mass is 16.3. The number of carbonyl (C=O) groups excluding carboxylic acids is 1. The zero-order valence-electron chi connectivity index (χ0n) is 8.08. The zero-order valence-corrected chi connectivity index (χ0v) is 8.08. The fourth-order valence-electron chi connectivity index (χ4n) is 1.09. The van der Waals surface area contributed by atoms with Gasteiger partial charge < -0.3 is 16.2 Å². The van der Waals surface area contributed by atoms with Crippen molar-refractivity contribution in [3.63, 3.8) is 0 Å². The second-order valence-electron chi connectivity index (χ2n) is 3.11. The van der Waals surface area contributed by atoms with Crippen molar-refractivity contribution >= 4 is 5.91 Å². The Labute approximate surface area is 82.7 Å². The van der Waals surface area contributed by atoms with Gasteiger partial charge in [0.05, 0.1) is 6.54 Å². The first kappa shape index (κ1) is 10.5. The van der Waals surface area contributed by atoms with Gasteiger partial charge in [0.1, 0.15) is 5.75 Å². The Morgan fingerprint density at radius 1 is 1.57 bits per heavy atom. The van der Waals surface area contributed by atoms with Crippen LogP contribution in [-0.2, 0) is 11.3 Å². The predicted molar refractivity (Wildman–Crippen MR) is 53.7 cm³/mol. The highest BCUT2D eigenvalue weighted by molar-refractivity contribution is 5.77. The molecule has 0 aliphatic heterocycles. The molecule has 0 saturated heterocycles. The highest BCUT2D eigenvalue weighted by Crippen LogP contribution is 2.17. The minimum absolute atomic E-state index is 0.0351. The number of phenolic OH excluding ortho intramolecular Hbond substituents is 1. The number of aryl methyl sites for hydroxylation is 1. The fraction of sp³-hybridized carbons (Fsp3) is 0.300. The summed E-state index contributed by atoms with van der Waals surface area (Å²) in [6, 6.07) is 5.31. The Bertz CT molecular complexity index is 337. The van der Waals surface area contributed by atoms with Crippen LogP contribution >= 0.6 is 0 Å². The van der Waals surface area contributed by atoms with E-state index in [2.05, 4.69) is 5.32 Å². The molecule has 0 aromatic heterocycles. The van der Waals surface area contributed by atoms with E-state index in [1.165, 1.54) is 0 Å². The van der Waals surface area contributed by atoms with E-state index in [0.29, 0.717) is 12.1 Å². The summed E-state index contributed by atoms with van der Waals surface area (Å²) in [5, 5.41) is 12.1. The molecule has 0 spiro atoms. The van der Waals surface area contributed by atoms with Gasteiger partial charge in [-0.2, -0.15) is 0 Å². The normalized spacial score (nSPS) is 9.86. The molecule has 76 valence electrons. The van der Waals surface area contributed by atoms with Crippen LogP contribution in [0.25, 0.3) is 0 Å². The molecule has 4 N–H and O–H groups in total. The third kappa shape index (κ3) is 2.74. The number of aromatic hydroxyl groups is 1. The molecule has 0 aliphatic rings. The number of amides is 1. The van der Waals surface area contributed by atoms with Crippen LogP contribution in [0.3, 0.4) is 0 Å². The van der Waals surface area contributed by atoms with E-state index < -0.39 is 0 Å². The Morgan fingerprint density at radius 3 is 2.86 bits per heavy atom. The number of benzene rings is 1. The van der Waals surface area contributed by atoms with Crippen molar-refractivity contribution in [2.45, 2.75) is 13.5 Å². The molecule has 0 heterocycles. The second-order valence-corrected chi connectivity index (χ2v) is 3.11. The molecule has 0 atom stereocenters. The van der Waals surface area contributed by atoms with Gasteiger partial charge in [0, 0.05) is 12.1 Å². The van der Waals surface area contributed by atoms with Gasteiger partial charge in [-0.3, -0.25) is 4.79 Å². The van der Waals surface area contributed by atoms with Crippen molar-refractivity contribution in [1.29, 1.82) is 0 Å². The average Bonchev–Trinajstić information content (AvgIpc) is 2.16. The number of nitrogens with one attached hydrogen (secondary N) is 1. The summed E-state index contributed by atoms with van der Waals surface area (Å²) in [4.78, 5) is 10.8. The Kier molecular flexibility index (Phi) is 3.48. The Morgan fingerprint density at radius 2 is 2.29 bits per heavy atom. The second kappa shape index (κ2) is 4.62. The maximum Gasteiger partial charge on any atom is 0.234 e. The van der Waals surface area contributed by atoms with Crippen LogP contribution in [0, 0.1) is 6.92 Å². The molecule has 1 aromatic carbocycles.